The zero-order chi connectivity index (χ0) is 15.9. The van der Waals surface area contributed by atoms with Gasteiger partial charge < -0.3 is 14.8 Å². The van der Waals surface area contributed by atoms with Gasteiger partial charge in [-0.1, -0.05) is 25.5 Å². The highest BCUT2D eigenvalue weighted by atomic mass is 16.5. The van der Waals surface area contributed by atoms with Crippen molar-refractivity contribution in [3.63, 3.8) is 0 Å². The Bertz CT molecular complexity index is 608. The molecule has 0 unspecified atom stereocenters. The Morgan fingerprint density at radius 1 is 1.23 bits per heavy atom. The minimum absolute atomic E-state index is 0.643. The van der Waals surface area contributed by atoms with Crippen LogP contribution in [0.4, 0.5) is 5.82 Å². The van der Waals surface area contributed by atoms with E-state index in [0.29, 0.717) is 6.54 Å². The standard InChI is InChI=1S/C17H25N3O2/c1-5-6-10-20-13(2)11-16(19-20)18-12-14-8-7-9-15(21-3)17(14)22-4/h7-9,11H,5-6,10,12H2,1-4H3,(H,18,19). The normalized spacial score (nSPS) is 10.5. The number of anilines is 1. The number of benzene rings is 1. The molecule has 0 aliphatic carbocycles. The fraction of sp³-hybridized carbons (Fsp3) is 0.471. The van der Waals surface area contributed by atoms with Gasteiger partial charge in [0, 0.05) is 30.4 Å². The van der Waals surface area contributed by atoms with Gasteiger partial charge in [-0.25, -0.2) is 0 Å². The molecule has 0 bridgehead atoms. The minimum Gasteiger partial charge on any atom is -0.493 e. The maximum absolute atomic E-state index is 5.45. The van der Waals surface area contributed by atoms with E-state index in [4.69, 9.17) is 9.47 Å². The van der Waals surface area contributed by atoms with Crippen molar-refractivity contribution in [1.29, 1.82) is 0 Å². The van der Waals surface area contributed by atoms with Crippen molar-refractivity contribution < 1.29 is 9.47 Å². The molecule has 2 rings (SSSR count). The lowest BCUT2D eigenvalue weighted by molar-refractivity contribution is 0.352. The molecule has 0 atom stereocenters. The van der Waals surface area contributed by atoms with E-state index in [0.717, 1.165) is 35.8 Å². The van der Waals surface area contributed by atoms with Crippen LogP contribution < -0.4 is 14.8 Å². The highest BCUT2D eigenvalue weighted by Gasteiger charge is 2.10. The van der Waals surface area contributed by atoms with Crippen LogP contribution in [-0.4, -0.2) is 24.0 Å². The van der Waals surface area contributed by atoms with Crippen molar-refractivity contribution in [2.75, 3.05) is 19.5 Å². The smallest absolute Gasteiger partial charge is 0.165 e. The lowest BCUT2D eigenvalue weighted by Gasteiger charge is -2.12. The maximum atomic E-state index is 5.45. The number of aromatic nitrogens is 2. The van der Waals surface area contributed by atoms with E-state index in [1.165, 1.54) is 12.1 Å². The zero-order valence-electron chi connectivity index (χ0n) is 13.8. The van der Waals surface area contributed by atoms with Gasteiger partial charge in [0.05, 0.1) is 14.2 Å². The van der Waals surface area contributed by atoms with E-state index in [2.05, 4.69) is 35.0 Å². The largest absolute Gasteiger partial charge is 0.493 e. The number of para-hydroxylation sites is 1. The van der Waals surface area contributed by atoms with Gasteiger partial charge in [0.15, 0.2) is 11.5 Å². The van der Waals surface area contributed by atoms with Crippen molar-refractivity contribution in [1.82, 2.24) is 9.78 Å². The van der Waals surface area contributed by atoms with E-state index in [1.54, 1.807) is 14.2 Å². The topological polar surface area (TPSA) is 48.3 Å². The number of nitrogens with zero attached hydrogens (tertiary/aromatic N) is 2. The van der Waals surface area contributed by atoms with E-state index in [9.17, 15) is 0 Å². The van der Waals surface area contributed by atoms with Crippen LogP contribution in [0, 0.1) is 6.92 Å². The van der Waals surface area contributed by atoms with Crippen LogP contribution in [0.5, 0.6) is 11.5 Å². The van der Waals surface area contributed by atoms with Crippen LogP contribution in [0.15, 0.2) is 24.3 Å². The Morgan fingerprint density at radius 3 is 2.73 bits per heavy atom. The third-order valence-corrected chi connectivity index (χ3v) is 3.65. The van der Waals surface area contributed by atoms with Crippen LogP contribution in [0.3, 0.4) is 0 Å². The average molecular weight is 303 g/mol. The Labute approximate surface area is 132 Å². The summed E-state index contributed by atoms with van der Waals surface area (Å²) in [6.07, 6.45) is 2.31. The Balaban J connectivity index is 2.07. The lowest BCUT2D eigenvalue weighted by atomic mass is 10.2. The molecule has 0 amide bonds. The second-order valence-electron chi connectivity index (χ2n) is 5.25. The molecule has 5 heteroatoms. The van der Waals surface area contributed by atoms with Gasteiger partial charge in [-0.2, -0.15) is 5.10 Å². The third kappa shape index (κ3) is 3.72. The molecule has 22 heavy (non-hydrogen) atoms. The summed E-state index contributed by atoms with van der Waals surface area (Å²) in [5, 5.41) is 7.95. The van der Waals surface area contributed by atoms with Crippen molar-refractivity contribution in [3.8, 4) is 11.5 Å². The first-order valence-corrected chi connectivity index (χ1v) is 7.67. The molecule has 1 aromatic carbocycles. The average Bonchev–Trinajstić information content (AvgIpc) is 2.90. The molecule has 2 aromatic rings. The molecule has 0 aliphatic heterocycles. The van der Waals surface area contributed by atoms with Crippen LogP contribution in [0.2, 0.25) is 0 Å². The SMILES string of the molecule is CCCCn1nc(NCc2cccc(OC)c2OC)cc1C. The molecule has 1 aromatic heterocycles. The molecule has 0 saturated carbocycles. The molecule has 0 spiro atoms. The molecule has 0 radical (unpaired) electrons. The second kappa shape index (κ2) is 7.73. The molecular weight excluding hydrogens is 278 g/mol. The molecule has 120 valence electrons. The summed E-state index contributed by atoms with van der Waals surface area (Å²) in [7, 11) is 3.30. The van der Waals surface area contributed by atoms with Crippen molar-refractivity contribution in [3.05, 3.63) is 35.5 Å². The fourth-order valence-electron chi connectivity index (χ4n) is 2.41. The van der Waals surface area contributed by atoms with Gasteiger partial charge in [-0.3, -0.25) is 4.68 Å². The number of hydrogen-bond acceptors (Lipinski definition) is 4. The van der Waals surface area contributed by atoms with Crippen molar-refractivity contribution in [2.24, 2.45) is 0 Å². The fourth-order valence-corrected chi connectivity index (χ4v) is 2.41. The van der Waals surface area contributed by atoms with Gasteiger partial charge >= 0.3 is 0 Å². The van der Waals surface area contributed by atoms with Gasteiger partial charge in [0.25, 0.3) is 0 Å². The summed E-state index contributed by atoms with van der Waals surface area (Å²) < 4.78 is 12.8. The minimum atomic E-state index is 0.643. The van der Waals surface area contributed by atoms with Crippen LogP contribution in [0.25, 0.3) is 0 Å². The zero-order valence-corrected chi connectivity index (χ0v) is 13.8. The molecule has 0 saturated heterocycles. The summed E-state index contributed by atoms with van der Waals surface area (Å²) in [6, 6.07) is 7.95. The highest BCUT2D eigenvalue weighted by molar-refractivity contribution is 5.48. The lowest BCUT2D eigenvalue weighted by Crippen LogP contribution is -2.05. The van der Waals surface area contributed by atoms with Crippen molar-refractivity contribution >= 4 is 5.82 Å². The Kier molecular flexibility index (Phi) is 5.69. The number of nitrogens with one attached hydrogen (secondary N) is 1. The third-order valence-electron chi connectivity index (χ3n) is 3.65. The summed E-state index contributed by atoms with van der Waals surface area (Å²) >= 11 is 0. The summed E-state index contributed by atoms with van der Waals surface area (Å²) in [4.78, 5) is 0. The summed E-state index contributed by atoms with van der Waals surface area (Å²) in [5.74, 6) is 2.39. The number of hydrogen-bond donors (Lipinski definition) is 1. The molecule has 0 aliphatic rings. The van der Waals surface area contributed by atoms with E-state index in [-0.39, 0.29) is 0 Å². The summed E-state index contributed by atoms with van der Waals surface area (Å²) in [6.45, 7) is 5.88. The first kappa shape index (κ1) is 16.2. The van der Waals surface area contributed by atoms with Crippen LogP contribution in [-0.2, 0) is 13.1 Å². The number of methoxy groups -OCH3 is 2. The predicted molar refractivity (Wildman–Crippen MR) is 88.7 cm³/mol. The Hall–Kier alpha value is -2.17. The number of ether oxygens (including phenoxy) is 2. The molecular formula is C17H25N3O2. The number of rotatable bonds is 8. The van der Waals surface area contributed by atoms with E-state index in [1.807, 2.05) is 18.2 Å². The number of unbranched alkanes of at least 4 members (excludes halogenated alkanes) is 1. The van der Waals surface area contributed by atoms with Gasteiger partial charge in [0.2, 0.25) is 0 Å². The molecule has 0 fully saturated rings. The van der Waals surface area contributed by atoms with E-state index < -0.39 is 0 Å². The second-order valence-corrected chi connectivity index (χ2v) is 5.25. The van der Waals surface area contributed by atoms with Gasteiger partial charge in [-0.05, 0) is 19.4 Å². The molecule has 1 heterocycles. The van der Waals surface area contributed by atoms with Gasteiger partial charge in [0.1, 0.15) is 5.82 Å². The van der Waals surface area contributed by atoms with Gasteiger partial charge in [-0.15, -0.1) is 0 Å². The monoisotopic (exact) mass is 303 g/mol. The predicted octanol–water partition coefficient (Wildman–Crippen LogP) is 3.62. The first-order valence-electron chi connectivity index (χ1n) is 7.67. The summed E-state index contributed by atoms with van der Waals surface area (Å²) in [5.41, 5.74) is 2.22. The number of aryl methyl sites for hydroxylation is 2. The van der Waals surface area contributed by atoms with E-state index >= 15 is 0 Å². The Morgan fingerprint density at radius 2 is 2.05 bits per heavy atom. The molecule has 5 nitrogen and oxygen atoms in total. The maximum Gasteiger partial charge on any atom is 0.165 e. The quantitative estimate of drug-likeness (QED) is 0.809. The highest BCUT2D eigenvalue weighted by Crippen LogP contribution is 2.31. The van der Waals surface area contributed by atoms with Crippen molar-refractivity contribution in [2.45, 2.75) is 39.8 Å². The first-order chi connectivity index (χ1) is 10.7. The molecule has 1 N–H and O–H groups in total. The van der Waals surface area contributed by atoms with Crippen LogP contribution >= 0.6 is 0 Å². The van der Waals surface area contributed by atoms with Crippen LogP contribution in [0.1, 0.15) is 31.0 Å².